The van der Waals surface area contributed by atoms with Crippen LogP contribution in [0.15, 0.2) is 30.3 Å². The van der Waals surface area contributed by atoms with Gasteiger partial charge in [-0.1, -0.05) is 36.7 Å². The Kier molecular flexibility index (Phi) is 5.37. The van der Waals surface area contributed by atoms with Crippen molar-refractivity contribution in [1.29, 1.82) is 5.26 Å². The van der Waals surface area contributed by atoms with Gasteiger partial charge in [-0.15, -0.1) is 11.3 Å². The largest absolute Gasteiger partial charge is 0.313 e. The summed E-state index contributed by atoms with van der Waals surface area (Å²) in [5.41, 5.74) is 2.33. The number of hydrogen-bond acceptors (Lipinski definition) is 3. The molecule has 1 amide bonds. The maximum absolute atomic E-state index is 12.0. The molecular formula is C17H15ClN2OS. The highest BCUT2D eigenvalue weighted by Gasteiger charge is 2.15. The lowest BCUT2D eigenvalue weighted by Gasteiger charge is -2.00. The van der Waals surface area contributed by atoms with Crippen molar-refractivity contribution in [3.8, 4) is 6.07 Å². The number of nitrogens with zero attached hydrogens (tertiary/aromatic N) is 1. The first-order chi connectivity index (χ1) is 10.6. The van der Waals surface area contributed by atoms with Gasteiger partial charge < -0.3 is 5.32 Å². The summed E-state index contributed by atoms with van der Waals surface area (Å²) < 4.78 is 0. The molecule has 1 heterocycles. The second kappa shape index (κ2) is 7.26. The zero-order chi connectivity index (χ0) is 16.1. The monoisotopic (exact) mass is 330 g/mol. The second-order valence-electron chi connectivity index (χ2n) is 4.65. The third kappa shape index (κ3) is 3.56. The number of carbonyl (C=O) groups is 1. The number of halogens is 1. The molecule has 0 aliphatic heterocycles. The van der Waals surface area contributed by atoms with Crippen molar-refractivity contribution >= 4 is 39.9 Å². The zero-order valence-electron chi connectivity index (χ0n) is 12.3. The highest BCUT2D eigenvalue weighted by atomic mass is 35.5. The molecule has 0 unspecified atom stereocenters. The van der Waals surface area contributed by atoms with E-state index in [2.05, 4.69) is 11.4 Å². The van der Waals surface area contributed by atoms with Crippen molar-refractivity contribution in [3.63, 3.8) is 0 Å². The van der Waals surface area contributed by atoms with Crippen LogP contribution in [0.5, 0.6) is 0 Å². The van der Waals surface area contributed by atoms with E-state index in [1.54, 1.807) is 12.1 Å². The van der Waals surface area contributed by atoms with Gasteiger partial charge in [0.05, 0.1) is 5.56 Å². The van der Waals surface area contributed by atoms with Crippen LogP contribution in [0.2, 0.25) is 5.02 Å². The van der Waals surface area contributed by atoms with Gasteiger partial charge in [0.2, 0.25) is 5.91 Å². The Morgan fingerprint density at radius 2 is 2.18 bits per heavy atom. The van der Waals surface area contributed by atoms with Gasteiger partial charge in [0.1, 0.15) is 11.1 Å². The average Bonchev–Trinajstić information content (AvgIpc) is 2.80. The minimum absolute atomic E-state index is 0.277. The molecule has 22 heavy (non-hydrogen) atoms. The van der Waals surface area contributed by atoms with Crippen molar-refractivity contribution in [2.75, 3.05) is 5.32 Å². The molecule has 0 spiro atoms. The molecule has 112 valence electrons. The van der Waals surface area contributed by atoms with Crippen molar-refractivity contribution in [1.82, 2.24) is 0 Å². The topological polar surface area (TPSA) is 52.9 Å². The molecule has 5 heteroatoms. The van der Waals surface area contributed by atoms with Gasteiger partial charge in [0.15, 0.2) is 0 Å². The van der Waals surface area contributed by atoms with Gasteiger partial charge in [-0.05, 0) is 36.6 Å². The quantitative estimate of drug-likeness (QED) is 0.819. The van der Waals surface area contributed by atoms with E-state index in [-0.39, 0.29) is 5.91 Å². The van der Waals surface area contributed by atoms with E-state index in [1.807, 2.05) is 32.0 Å². The molecule has 0 fully saturated rings. The third-order valence-electron chi connectivity index (χ3n) is 3.23. The number of hydrogen-bond donors (Lipinski definition) is 1. The van der Waals surface area contributed by atoms with Crippen LogP contribution < -0.4 is 5.32 Å². The Hall–Kier alpha value is -2.09. The fraction of sp³-hybridized carbons (Fsp3) is 0.176. The smallest absolute Gasteiger partial charge is 0.249 e. The lowest BCUT2D eigenvalue weighted by atomic mass is 10.1. The van der Waals surface area contributed by atoms with E-state index in [4.69, 9.17) is 11.6 Å². The molecule has 0 radical (unpaired) electrons. The molecule has 0 aliphatic carbocycles. The van der Waals surface area contributed by atoms with E-state index in [0.717, 1.165) is 22.4 Å². The Bertz CT molecular complexity index is 771. The second-order valence-corrected chi connectivity index (χ2v) is 6.28. The molecule has 0 bridgehead atoms. The van der Waals surface area contributed by atoms with Gasteiger partial charge >= 0.3 is 0 Å². The maximum atomic E-state index is 12.0. The number of nitrogens with one attached hydrogen (secondary N) is 1. The Balaban J connectivity index is 2.17. The lowest BCUT2D eigenvalue weighted by molar-refractivity contribution is -0.111. The molecule has 0 aliphatic rings. The molecule has 0 atom stereocenters. The number of nitriles is 1. The normalized spacial score (nSPS) is 10.6. The van der Waals surface area contributed by atoms with Gasteiger partial charge in [-0.3, -0.25) is 4.79 Å². The molecular weight excluding hydrogens is 316 g/mol. The van der Waals surface area contributed by atoms with E-state index in [0.29, 0.717) is 15.6 Å². The number of carbonyl (C=O) groups excluding carboxylic acids is 1. The zero-order valence-corrected chi connectivity index (χ0v) is 13.9. The Morgan fingerprint density at radius 1 is 1.45 bits per heavy atom. The molecule has 1 aromatic carbocycles. The van der Waals surface area contributed by atoms with Crippen LogP contribution in [0, 0.1) is 18.3 Å². The van der Waals surface area contributed by atoms with Gasteiger partial charge in [0.25, 0.3) is 0 Å². The van der Waals surface area contributed by atoms with Crippen LogP contribution in [0.3, 0.4) is 0 Å². The van der Waals surface area contributed by atoms with Crippen LogP contribution in [0.4, 0.5) is 5.00 Å². The van der Waals surface area contributed by atoms with Crippen molar-refractivity contribution < 1.29 is 4.79 Å². The van der Waals surface area contributed by atoms with E-state index in [1.165, 1.54) is 17.4 Å². The summed E-state index contributed by atoms with van der Waals surface area (Å²) in [5.74, 6) is -0.277. The van der Waals surface area contributed by atoms with E-state index in [9.17, 15) is 10.1 Å². The number of aryl methyl sites for hydroxylation is 1. The predicted octanol–water partition coefficient (Wildman–Crippen LogP) is 4.80. The number of anilines is 1. The summed E-state index contributed by atoms with van der Waals surface area (Å²) >= 11 is 7.46. The van der Waals surface area contributed by atoms with Crippen LogP contribution in [0.1, 0.15) is 28.5 Å². The van der Waals surface area contributed by atoms with Crippen LogP contribution in [0.25, 0.3) is 6.08 Å². The van der Waals surface area contributed by atoms with Crippen molar-refractivity contribution in [2.45, 2.75) is 20.3 Å². The summed E-state index contributed by atoms with van der Waals surface area (Å²) in [6.45, 7) is 3.96. The number of thiophene rings is 1. The first kappa shape index (κ1) is 16.3. The van der Waals surface area contributed by atoms with Gasteiger partial charge in [-0.25, -0.2) is 0 Å². The highest BCUT2D eigenvalue weighted by Crippen LogP contribution is 2.32. The predicted molar refractivity (Wildman–Crippen MR) is 92.3 cm³/mol. The number of rotatable bonds is 4. The Morgan fingerprint density at radius 3 is 2.82 bits per heavy atom. The standard InChI is InChI=1S/C17H15ClN2OS/c1-3-13-11(2)22-17(14(13)10-19)20-16(21)9-8-12-6-4-5-7-15(12)18/h4-9H,3H2,1-2H3,(H,20,21). The molecule has 1 aromatic heterocycles. The van der Waals surface area contributed by atoms with Crippen LogP contribution in [-0.2, 0) is 11.2 Å². The number of amides is 1. The van der Waals surface area contributed by atoms with E-state index >= 15 is 0 Å². The molecule has 1 N–H and O–H groups in total. The van der Waals surface area contributed by atoms with Gasteiger partial charge in [0, 0.05) is 16.0 Å². The first-order valence-corrected chi connectivity index (χ1v) is 8.02. The minimum atomic E-state index is -0.277. The lowest BCUT2D eigenvalue weighted by Crippen LogP contribution is -2.07. The number of benzene rings is 1. The molecule has 2 rings (SSSR count). The minimum Gasteiger partial charge on any atom is -0.313 e. The Labute approximate surface area is 138 Å². The fourth-order valence-electron chi connectivity index (χ4n) is 2.14. The van der Waals surface area contributed by atoms with Gasteiger partial charge in [-0.2, -0.15) is 5.26 Å². The summed E-state index contributed by atoms with van der Waals surface area (Å²) in [7, 11) is 0. The maximum Gasteiger partial charge on any atom is 0.249 e. The molecule has 3 nitrogen and oxygen atoms in total. The van der Waals surface area contributed by atoms with Crippen LogP contribution in [-0.4, -0.2) is 5.91 Å². The summed E-state index contributed by atoms with van der Waals surface area (Å²) in [6, 6.07) is 9.46. The molecule has 0 saturated carbocycles. The summed E-state index contributed by atoms with van der Waals surface area (Å²) in [4.78, 5) is 13.1. The average molecular weight is 331 g/mol. The fourth-order valence-corrected chi connectivity index (χ4v) is 3.44. The third-order valence-corrected chi connectivity index (χ3v) is 4.64. The van der Waals surface area contributed by atoms with Crippen LogP contribution >= 0.6 is 22.9 Å². The van der Waals surface area contributed by atoms with Crippen molar-refractivity contribution in [2.24, 2.45) is 0 Å². The summed E-state index contributed by atoms with van der Waals surface area (Å²) in [5, 5.41) is 13.2. The molecule has 2 aromatic rings. The first-order valence-electron chi connectivity index (χ1n) is 6.82. The SMILES string of the molecule is CCc1c(C)sc(NC(=O)C=Cc2ccccc2Cl)c1C#N. The van der Waals surface area contributed by atoms with Crippen molar-refractivity contribution in [3.05, 3.63) is 56.9 Å². The molecule has 0 saturated heterocycles. The van der Waals surface area contributed by atoms with E-state index < -0.39 is 0 Å². The highest BCUT2D eigenvalue weighted by molar-refractivity contribution is 7.16. The summed E-state index contributed by atoms with van der Waals surface area (Å²) in [6.07, 6.45) is 3.85.